The van der Waals surface area contributed by atoms with Gasteiger partial charge >= 0.3 is 0 Å². The van der Waals surface area contributed by atoms with E-state index in [4.69, 9.17) is 0 Å². The molecule has 1 aliphatic rings. The van der Waals surface area contributed by atoms with Crippen molar-refractivity contribution in [1.82, 2.24) is 10.3 Å². The van der Waals surface area contributed by atoms with Gasteiger partial charge in [-0.3, -0.25) is 9.59 Å². The number of nitrogens with zero attached hydrogens (tertiary/aromatic N) is 1. The third-order valence-electron chi connectivity index (χ3n) is 3.82. The van der Waals surface area contributed by atoms with Crippen LogP contribution in [0.3, 0.4) is 0 Å². The number of hydrogen-bond acceptors (Lipinski definition) is 4. The maximum atomic E-state index is 12.6. The van der Waals surface area contributed by atoms with E-state index in [0.29, 0.717) is 10.8 Å². The van der Waals surface area contributed by atoms with Crippen molar-refractivity contribution in [3.63, 3.8) is 0 Å². The van der Waals surface area contributed by atoms with Crippen LogP contribution in [0, 0.1) is 6.92 Å². The number of anilines is 1. The maximum absolute atomic E-state index is 12.6. The highest BCUT2D eigenvalue weighted by molar-refractivity contribution is 7.13. The van der Waals surface area contributed by atoms with Crippen molar-refractivity contribution in [2.24, 2.45) is 0 Å². The lowest BCUT2D eigenvalue weighted by molar-refractivity contribution is -0.116. The molecule has 1 aromatic carbocycles. The van der Waals surface area contributed by atoms with Gasteiger partial charge in [-0.2, -0.15) is 0 Å². The predicted octanol–water partition coefficient (Wildman–Crippen LogP) is 3.39. The van der Waals surface area contributed by atoms with Crippen molar-refractivity contribution < 1.29 is 9.59 Å². The van der Waals surface area contributed by atoms with Crippen LogP contribution in [0.2, 0.25) is 0 Å². The second kappa shape index (κ2) is 6.12. The lowest BCUT2D eigenvalue weighted by Gasteiger charge is -2.26. The van der Waals surface area contributed by atoms with E-state index in [1.165, 1.54) is 11.3 Å². The number of fused-ring (bicyclic) bond motifs is 1. The zero-order valence-corrected chi connectivity index (χ0v) is 14.2. The van der Waals surface area contributed by atoms with Crippen molar-refractivity contribution >= 4 is 28.8 Å². The number of thiazole rings is 1. The van der Waals surface area contributed by atoms with Crippen molar-refractivity contribution in [2.75, 3.05) is 5.32 Å². The molecular formula is C17H19N3O2S. The fourth-order valence-corrected chi connectivity index (χ4v) is 3.61. The van der Waals surface area contributed by atoms with Crippen LogP contribution in [0.4, 0.5) is 5.69 Å². The van der Waals surface area contributed by atoms with Gasteiger partial charge in [0.25, 0.3) is 5.91 Å². The van der Waals surface area contributed by atoms with Crippen molar-refractivity contribution in [3.05, 3.63) is 45.4 Å². The molecule has 2 heterocycles. The summed E-state index contributed by atoms with van der Waals surface area (Å²) >= 11 is 1.42. The van der Waals surface area contributed by atoms with Gasteiger partial charge in [0.05, 0.1) is 23.2 Å². The number of para-hydroxylation sites is 1. The van der Waals surface area contributed by atoms with Crippen LogP contribution in [-0.4, -0.2) is 16.8 Å². The summed E-state index contributed by atoms with van der Waals surface area (Å²) in [6, 6.07) is 7.24. The first-order chi connectivity index (χ1) is 11.0. The molecule has 0 saturated heterocycles. The molecule has 6 heteroatoms. The summed E-state index contributed by atoms with van der Waals surface area (Å²) in [5.74, 6) is 0.0423. The van der Waals surface area contributed by atoms with Crippen LogP contribution in [0.25, 0.3) is 0 Å². The molecule has 5 nitrogen and oxygen atoms in total. The SMILES string of the molecule is Cc1nc(C(C)C)sc1C(=O)NC1CC(=O)Nc2ccccc21. The minimum absolute atomic E-state index is 0.0853. The van der Waals surface area contributed by atoms with E-state index >= 15 is 0 Å². The first kappa shape index (κ1) is 15.7. The Labute approximate surface area is 139 Å². The van der Waals surface area contributed by atoms with Crippen LogP contribution >= 0.6 is 11.3 Å². The molecule has 0 bridgehead atoms. The van der Waals surface area contributed by atoms with E-state index < -0.39 is 0 Å². The molecule has 2 amide bonds. The molecular weight excluding hydrogens is 310 g/mol. The van der Waals surface area contributed by atoms with Gasteiger partial charge in [0.15, 0.2) is 0 Å². The minimum Gasteiger partial charge on any atom is -0.344 e. The second-order valence-electron chi connectivity index (χ2n) is 5.99. The lowest BCUT2D eigenvalue weighted by Crippen LogP contribution is -2.35. The lowest BCUT2D eigenvalue weighted by atomic mass is 9.97. The average molecular weight is 329 g/mol. The average Bonchev–Trinajstić information content (AvgIpc) is 2.89. The Hall–Kier alpha value is -2.21. The Kier molecular flexibility index (Phi) is 4.17. The summed E-state index contributed by atoms with van der Waals surface area (Å²) < 4.78 is 0. The third-order valence-corrected chi connectivity index (χ3v) is 5.28. The fraction of sp³-hybridized carbons (Fsp3) is 0.353. The fourth-order valence-electron chi connectivity index (χ4n) is 2.64. The second-order valence-corrected chi connectivity index (χ2v) is 7.02. The zero-order chi connectivity index (χ0) is 16.6. The Bertz CT molecular complexity index is 767. The summed E-state index contributed by atoms with van der Waals surface area (Å²) in [6.45, 7) is 5.96. The van der Waals surface area contributed by atoms with Crippen LogP contribution in [0.5, 0.6) is 0 Å². The van der Waals surface area contributed by atoms with E-state index in [2.05, 4.69) is 29.5 Å². The van der Waals surface area contributed by atoms with Crippen molar-refractivity contribution in [1.29, 1.82) is 0 Å². The van der Waals surface area contributed by atoms with Crippen molar-refractivity contribution in [2.45, 2.75) is 39.2 Å². The molecule has 0 spiro atoms. The van der Waals surface area contributed by atoms with Gasteiger partial charge < -0.3 is 10.6 Å². The van der Waals surface area contributed by atoms with E-state index in [1.807, 2.05) is 31.2 Å². The van der Waals surface area contributed by atoms with Gasteiger partial charge in [0.2, 0.25) is 5.91 Å². The molecule has 0 radical (unpaired) electrons. The third kappa shape index (κ3) is 3.12. The topological polar surface area (TPSA) is 71.1 Å². The first-order valence-electron chi connectivity index (χ1n) is 7.62. The summed E-state index contributed by atoms with van der Waals surface area (Å²) in [7, 11) is 0. The highest BCUT2D eigenvalue weighted by Crippen LogP contribution is 2.31. The minimum atomic E-state index is -0.309. The van der Waals surface area contributed by atoms with Crippen LogP contribution < -0.4 is 10.6 Å². The monoisotopic (exact) mass is 329 g/mol. The molecule has 2 N–H and O–H groups in total. The summed E-state index contributed by atoms with van der Waals surface area (Å²) in [6.07, 6.45) is 0.248. The molecule has 0 aliphatic carbocycles. The predicted molar refractivity (Wildman–Crippen MR) is 90.8 cm³/mol. The Morgan fingerprint density at radius 1 is 1.39 bits per heavy atom. The molecule has 120 valence electrons. The standard InChI is InChI=1S/C17H19N3O2S/c1-9(2)17-18-10(3)15(23-17)16(22)20-13-8-14(21)19-12-7-5-4-6-11(12)13/h4-7,9,13H,8H2,1-3H3,(H,19,21)(H,20,22). The van der Waals surface area contributed by atoms with Gasteiger partial charge in [-0.05, 0) is 18.6 Å². The molecule has 0 saturated carbocycles. The maximum Gasteiger partial charge on any atom is 0.263 e. The Morgan fingerprint density at radius 2 is 2.13 bits per heavy atom. The highest BCUT2D eigenvalue weighted by atomic mass is 32.1. The molecule has 1 unspecified atom stereocenters. The van der Waals surface area contributed by atoms with Crippen LogP contribution in [-0.2, 0) is 4.79 Å². The van der Waals surface area contributed by atoms with Gasteiger partial charge in [-0.15, -0.1) is 11.3 Å². The molecule has 1 aromatic heterocycles. The molecule has 23 heavy (non-hydrogen) atoms. The van der Waals surface area contributed by atoms with Crippen LogP contribution in [0.15, 0.2) is 24.3 Å². The Balaban J connectivity index is 1.85. The molecule has 1 atom stereocenters. The van der Waals surface area contributed by atoms with Crippen molar-refractivity contribution in [3.8, 4) is 0 Å². The van der Waals surface area contributed by atoms with E-state index in [9.17, 15) is 9.59 Å². The summed E-state index contributed by atoms with van der Waals surface area (Å²) in [5, 5.41) is 6.77. The number of aromatic nitrogens is 1. The number of hydrogen-bond donors (Lipinski definition) is 2. The van der Waals surface area contributed by atoms with E-state index in [0.717, 1.165) is 22.0 Å². The van der Waals surface area contributed by atoms with E-state index in [-0.39, 0.29) is 24.3 Å². The molecule has 1 aliphatic heterocycles. The van der Waals surface area contributed by atoms with Crippen LogP contribution in [0.1, 0.15) is 58.2 Å². The number of benzene rings is 1. The summed E-state index contributed by atoms with van der Waals surface area (Å²) in [4.78, 5) is 29.5. The Morgan fingerprint density at radius 3 is 2.83 bits per heavy atom. The number of amides is 2. The number of carbonyl (C=O) groups excluding carboxylic acids is 2. The number of nitrogens with one attached hydrogen (secondary N) is 2. The van der Waals surface area contributed by atoms with Gasteiger partial charge in [-0.1, -0.05) is 32.0 Å². The zero-order valence-electron chi connectivity index (χ0n) is 13.3. The first-order valence-corrected chi connectivity index (χ1v) is 8.44. The molecule has 2 aromatic rings. The number of aryl methyl sites for hydroxylation is 1. The largest absolute Gasteiger partial charge is 0.344 e. The number of carbonyl (C=O) groups is 2. The summed E-state index contributed by atoms with van der Waals surface area (Å²) in [5.41, 5.74) is 2.44. The quantitative estimate of drug-likeness (QED) is 0.907. The number of rotatable bonds is 3. The smallest absolute Gasteiger partial charge is 0.263 e. The molecule has 0 fully saturated rings. The normalized spacial score (nSPS) is 16.9. The van der Waals surface area contributed by atoms with Gasteiger partial charge in [0.1, 0.15) is 4.88 Å². The van der Waals surface area contributed by atoms with Gasteiger partial charge in [0, 0.05) is 11.6 Å². The van der Waals surface area contributed by atoms with E-state index in [1.54, 1.807) is 0 Å². The molecule has 3 rings (SSSR count). The highest BCUT2D eigenvalue weighted by Gasteiger charge is 2.27. The van der Waals surface area contributed by atoms with Gasteiger partial charge in [-0.25, -0.2) is 4.98 Å².